The lowest BCUT2D eigenvalue weighted by atomic mass is 10.2. The number of nitrogens with zero attached hydrogens (tertiary/aromatic N) is 1. The summed E-state index contributed by atoms with van der Waals surface area (Å²) >= 11 is 5.82. The van der Waals surface area contributed by atoms with Crippen LogP contribution in [-0.2, 0) is 6.54 Å². The van der Waals surface area contributed by atoms with Gasteiger partial charge < -0.3 is 10.6 Å². The van der Waals surface area contributed by atoms with Crippen LogP contribution in [0.4, 0.5) is 0 Å². The van der Waals surface area contributed by atoms with Crippen molar-refractivity contribution < 1.29 is 0 Å². The zero-order valence-corrected chi connectivity index (χ0v) is 9.11. The smallest absolute Gasteiger partial charge is 0.0572 e. The predicted octanol–water partition coefficient (Wildman–Crippen LogP) is 2.51. The highest BCUT2D eigenvalue weighted by atomic mass is 35.5. The van der Waals surface area contributed by atoms with E-state index in [2.05, 4.69) is 4.90 Å². The zero-order chi connectivity index (χ0) is 10.7. The molecular weight excluding hydrogens is 208 g/mol. The Hall–Kier alpha value is -1.41. The molecule has 1 aromatic carbocycles. The van der Waals surface area contributed by atoms with E-state index in [4.69, 9.17) is 17.3 Å². The molecule has 0 radical (unpaired) electrons. The van der Waals surface area contributed by atoms with E-state index in [0.29, 0.717) is 0 Å². The van der Waals surface area contributed by atoms with Gasteiger partial charge in [0.2, 0.25) is 0 Å². The molecule has 0 aromatic heterocycles. The van der Waals surface area contributed by atoms with Gasteiger partial charge in [-0.1, -0.05) is 23.7 Å². The SMILES string of the molecule is NC1=CC=CN(Cc2ccc(Cl)cc2)C1. The second-order valence-electron chi connectivity index (χ2n) is 3.61. The maximum absolute atomic E-state index is 5.82. The molecule has 2 nitrogen and oxygen atoms in total. The van der Waals surface area contributed by atoms with Crippen molar-refractivity contribution >= 4 is 11.6 Å². The van der Waals surface area contributed by atoms with Crippen LogP contribution in [0.1, 0.15) is 5.56 Å². The van der Waals surface area contributed by atoms with Crippen molar-refractivity contribution in [3.63, 3.8) is 0 Å². The van der Waals surface area contributed by atoms with E-state index in [-0.39, 0.29) is 0 Å². The first-order valence-corrected chi connectivity index (χ1v) is 5.23. The maximum atomic E-state index is 5.82. The van der Waals surface area contributed by atoms with Crippen LogP contribution in [0.15, 0.2) is 48.3 Å². The Bertz CT molecular complexity index is 393. The second kappa shape index (κ2) is 4.41. The summed E-state index contributed by atoms with van der Waals surface area (Å²) in [5.74, 6) is 0. The molecular formula is C12H13ClN2. The zero-order valence-electron chi connectivity index (χ0n) is 8.36. The summed E-state index contributed by atoms with van der Waals surface area (Å²) in [7, 11) is 0. The highest BCUT2D eigenvalue weighted by molar-refractivity contribution is 6.30. The number of nitrogens with two attached hydrogens (primary N) is 1. The average Bonchev–Trinajstić information content (AvgIpc) is 2.22. The quantitative estimate of drug-likeness (QED) is 0.830. The summed E-state index contributed by atoms with van der Waals surface area (Å²) in [5, 5.41) is 0.771. The molecule has 0 bridgehead atoms. The minimum atomic E-state index is 0.771. The fourth-order valence-electron chi connectivity index (χ4n) is 1.56. The van der Waals surface area contributed by atoms with Gasteiger partial charge in [-0.15, -0.1) is 0 Å². The van der Waals surface area contributed by atoms with Crippen molar-refractivity contribution in [2.45, 2.75) is 6.54 Å². The van der Waals surface area contributed by atoms with Crippen molar-refractivity contribution in [2.75, 3.05) is 6.54 Å². The van der Waals surface area contributed by atoms with Crippen LogP contribution in [0.3, 0.4) is 0 Å². The van der Waals surface area contributed by atoms with Crippen molar-refractivity contribution in [2.24, 2.45) is 5.73 Å². The van der Waals surface area contributed by atoms with Gasteiger partial charge >= 0.3 is 0 Å². The van der Waals surface area contributed by atoms with Gasteiger partial charge in [-0.2, -0.15) is 0 Å². The monoisotopic (exact) mass is 220 g/mol. The molecule has 0 aliphatic carbocycles. The molecule has 1 heterocycles. The molecule has 0 amide bonds. The van der Waals surface area contributed by atoms with Crippen LogP contribution in [-0.4, -0.2) is 11.4 Å². The Morgan fingerprint density at radius 1 is 1.27 bits per heavy atom. The summed E-state index contributed by atoms with van der Waals surface area (Å²) in [6.45, 7) is 1.65. The molecule has 0 saturated heterocycles. The number of benzene rings is 1. The van der Waals surface area contributed by atoms with Crippen LogP contribution >= 0.6 is 11.6 Å². The van der Waals surface area contributed by atoms with Gasteiger partial charge in [0.25, 0.3) is 0 Å². The fraction of sp³-hybridized carbons (Fsp3) is 0.167. The molecule has 1 aromatic rings. The molecule has 78 valence electrons. The molecule has 0 spiro atoms. The molecule has 15 heavy (non-hydrogen) atoms. The Morgan fingerprint density at radius 2 is 2.00 bits per heavy atom. The third-order valence-electron chi connectivity index (χ3n) is 2.29. The van der Waals surface area contributed by atoms with Gasteiger partial charge in [-0.05, 0) is 36.0 Å². The third-order valence-corrected chi connectivity index (χ3v) is 2.54. The fourth-order valence-corrected chi connectivity index (χ4v) is 1.69. The van der Waals surface area contributed by atoms with Crippen LogP contribution in [0.25, 0.3) is 0 Å². The van der Waals surface area contributed by atoms with E-state index >= 15 is 0 Å². The predicted molar refractivity (Wildman–Crippen MR) is 63.3 cm³/mol. The lowest BCUT2D eigenvalue weighted by molar-refractivity contribution is 0.394. The Morgan fingerprint density at radius 3 is 2.67 bits per heavy atom. The lowest BCUT2D eigenvalue weighted by Gasteiger charge is -2.22. The van der Waals surface area contributed by atoms with E-state index in [1.54, 1.807) is 0 Å². The van der Waals surface area contributed by atoms with Crippen molar-refractivity contribution in [3.05, 3.63) is 58.9 Å². The van der Waals surface area contributed by atoms with Gasteiger partial charge in [-0.25, -0.2) is 0 Å². The molecule has 1 aliphatic heterocycles. The molecule has 0 atom stereocenters. The highest BCUT2D eigenvalue weighted by Crippen LogP contribution is 2.13. The van der Waals surface area contributed by atoms with E-state index in [0.717, 1.165) is 23.8 Å². The minimum absolute atomic E-state index is 0.771. The first kappa shape index (κ1) is 10.1. The topological polar surface area (TPSA) is 29.3 Å². The molecule has 3 heteroatoms. The first-order chi connectivity index (χ1) is 7.24. The molecule has 0 unspecified atom stereocenters. The lowest BCUT2D eigenvalue weighted by Crippen LogP contribution is -2.24. The van der Waals surface area contributed by atoms with E-state index < -0.39 is 0 Å². The largest absolute Gasteiger partial charge is 0.401 e. The second-order valence-corrected chi connectivity index (χ2v) is 4.05. The van der Waals surface area contributed by atoms with Gasteiger partial charge in [0.05, 0.1) is 6.54 Å². The summed E-state index contributed by atoms with van der Waals surface area (Å²) in [4.78, 5) is 2.17. The van der Waals surface area contributed by atoms with Gasteiger partial charge in [0.15, 0.2) is 0 Å². The average molecular weight is 221 g/mol. The van der Waals surface area contributed by atoms with E-state index in [1.807, 2.05) is 42.6 Å². The summed E-state index contributed by atoms with van der Waals surface area (Å²) in [6.07, 6.45) is 5.94. The number of hydrogen-bond donors (Lipinski definition) is 1. The number of allylic oxidation sites excluding steroid dienone is 2. The molecule has 0 fully saturated rings. The number of rotatable bonds is 2. The molecule has 2 N–H and O–H groups in total. The van der Waals surface area contributed by atoms with Crippen LogP contribution in [0.2, 0.25) is 5.02 Å². The van der Waals surface area contributed by atoms with Crippen LogP contribution in [0, 0.1) is 0 Å². The van der Waals surface area contributed by atoms with Gasteiger partial charge in [-0.3, -0.25) is 0 Å². The van der Waals surface area contributed by atoms with Crippen LogP contribution in [0.5, 0.6) is 0 Å². The van der Waals surface area contributed by atoms with E-state index in [9.17, 15) is 0 Å². The van der Waals surface area contributed by atoms with Gasteiger partial charge in [0.1, 0.15) is 0 Å². The normalized spacial score (nSPS) is 15.3. The Balaban J connectivity index is 2.01. The Labute approximate surface area is 94.6 Å². The summed E-state index contributed by atoms with van der Waals surface area (Å²) in [5.41, 5.74) is 7.88. The van der Waals surface area contributed by atoms with Crippen molar-refractivity contribution in [3.8, 4) is 0 Å². The summed E-state index contributed by atoms with van der Waals surface area (Å²) < 4.78 is 0. The van der Waals surface area contributed by atoms with E-state index in [1.165, 1.54) is 5.56 Å². The maximum Gasteiger partial charge on any atom is 0.0572 e. The van der Waals surface area contributed by atoms with Crippen molar-refractivity contribution in [1.82, 2.24) is 4.90 Å². The highest BCUT2D eigenvalue weighted by Gasteiger charge is 2.05. The first-order valence-electron chi connectivity index (χ1n) is 4.85. The van der Waals surface area contributed by atoms with Crippen LogP contribution < -0.4 is 5.73 Å². The molecule has 2 rings (SSSR count). The van der Waals surface area contributed by atoms with Gasteiger partial charge in [0, 0.05) is 17.3 Å². The molecule has 1 aliphatic rings. The third kappa shape index (κ3) is 2.77. The number of halogens is 1. The minimum Gasteiger partial charge on any atom is -0.401 e. The standard InChI is InChI=1S/C12H13ClN2/c13-11-5-3-10(4-6-11)8-15-7-1-2-12(14)9-15/h1-7H,8-9,14H2. The molecule has 0 saturated carbocycles. The van der Waals surface area contributed by atoms with Crippen molar-refractivity contribution in [1.29, 1.82) is 0 Å². The number of hydrogen-bond acceptors (Lipinski definition) is 2. The Kier molecular flexibility index (Phi) is 2.97. The summed E-state index contributed by atoms with van der Waals surface area (Å²) in [6, 6.07) is 7.88.